The number of para-hydroxylation sites is 1. The van der Waals surface area contributed by atoms with Crippen molar-refractivity contribution in [3.8, 4) is 0 Å². The van der Waals surface area contributed by atoms with Gasteiger partial charge in [-0.2, -0.15) is 0 Å². The van der Waals surface area contributed by atoms with Crippen molar-refractivity contribution in [1.82, 2.24) is 4.98 Å². The van der Waals surface area contributed by atoms with Crippen LogP contribution < -0.4 is 5.11 Å². The van der Waals surface area contributed by atoms with E-state index in [1.165, 1.54) is 0 Å². The fourth-order valence-electron chi connectivity index (χ4n) is 1.84. The Labute approximate surface area is 129 Å². The second-order valence-corrected chi connectivity index (χ2v) is 5.46. The van der Waals surface area contributed by atoms with E-state index in [0.717, 1.165) is 29.9 Å². The van der Waals surface area contributed by atoms with E-state index in [-0.39, 0.29) is 5.01 Å². The Morgan fingerprint density at radius 2 is 1.77 bits per heavy atom. The monoisotopic (exact) mass is 322 g/mol. The fourth-order valence-corrected chi connectivity index (χ4v) is 2.87. The molecule has 0 bridgehead atoms. The quantitative estimate of drug-likeness (QED) is 0.741. The summed E-state index contributed by atoms with van der Waals surface area (Å²) in [5.41, 5.74) is 0.625. The lowest BCUT2D eigenvalue weighted by Gasteiger charge is -2.25. The number of carbonyl (C=O) groups excluding carboxylic acids is 3. The number of benzene rings is 1. The first-order valence-electron chi connectivity index (χ1n) is 6.29. The molecule has 2 rings (SSSR count). The molecule has 0 fully saturated rings. The lowest BCUT2D eigenvalue weighted by atomic mass is 10.2. The molecule has 0 amide bonds. The van der Waals surface area contributed by atoms with Gasteiger partial charge < -0.3 is 19.4 Å². The molecule has 8 heteroatoms. The number of hydrogen-bond donors (Lipinski definition) is 0. The van der Waals surface area contributed by atoms with Gasteiger partial charge in [-0.1, -0.05) is 12.1 Å². The van der Waals surface area contributed by atoms with Crippen LogP contribution in [0.2, 0.25) is 0 Å². The van der Waals surface area contributed by atoms with Crippen LogP contribution in [0.5, 0.6) is 0 Å². The molecule has 0 saturated heterocycles. The number of carboxylic acids is 1. The molecule has 0 aliphatic carbocycles. The fraction of sp³-hybridized carbons (Fsp3) is 0.286. The predicted octanol–water partition coefficient (Wildman–Crippen LogP) is 0.582. The van der Waals surface area contributed by atoms with Gasteiger partial charge in [0.1, 0.15) is 5.01 Å². The van der Waals surface area contributed by atoms with E-state index in [1.54, 1.807) is 24.3 Å². The van der Waals surface area contributed by atoms with Crippen molar-refractivity contribution in [2.45, 2.75) is 26.1 Å². The number of carbonyl (C=O) groups is 3. The maximum absolute atomic E-state index is 11.3. The predicted molar refractivity (Wildman–Crippen MR) is 74.7 cm³/mol. The maximum atomic E-state index is 11.3. The summed E-state index contributed by atoms with van der Waals surface area (Å²) < 4.78 is 10.5. The molecular weight excluding hydrogens is 310 g/mol. The summed E-state index contributed by atoms with van der Waals surface area (Å²) in [5, 5.41) is 11.5. The van der Waals surface area contributed by atoms with E-state index in [4.69, 9.17) is 9.47 Å². The Balaban J connectivity index is 2.45. The van der Waals surface area contributed by atoms with Crippen molar-refractivity contribution in [3.63, 3.8) is 0 Å². The van der Waals surface area contributed by atoms with Crippen LogP contribution in [0.15, 0.2) is 24.3 Å². The number of nitrogens with zero attached hydrogens (tertiary/aromatic N) is 1. The molecular formula is C14H12NO6S-. The molecule has 0 spiro atoms. The molecule has 0 aliphatic heterocycles. The van der Waals surface area contributed by atoms with Crippen molar-refractivity contribution in [2.75, 3.05) is 0 Å². The molecule has 0 N–H and O–H groups in total. The molecule has 0 radical (unpaired) electrons. The van der Waals surface area contributed by atoms with Gasteiger partial charge in [-0.25, -0.2) is 4.98 Å². The van der Waals surface area contributed by atoms with E-state index in [2.05, 4.69) is 4.98 Å². The topological polar surface area (TPSA) is 106 Å². The third kappa shape index (κ3) is 3.59. The first kappa shape index (κ1) is 15.9. The number of carboxylic acid groups (broad SMARTS) is 1. The van der Waals surface area contributed by atoms with Crippen LogP contribution >= 0.6 is 11.3 Å². The summed E-state index contributed by atoms with van der Waals surface area (Å²) >= 11 is 1.15. The lowest BCUT2D eigenvalue weighted by molar-refractivity contribution is -0.319. The Morgan fingerprint density at radius 1 is 1.14 bits per heavy atom. The molecule has 1 aromatic carbocycles. The number of hydrogen-bond acceptors (Lipinski definition) is 8. The minimum absolute atomic E-state index is 0.215. The number of thiazole rings is 1. The third-order valence-corrected chi connectivity index (χ3v) is 3.74. The summed E-state index contributed by atoms with van der Waals surface area (Å²) in [6.07, 6.45) is -3.12. The van der Waals surface area contributed by atoms with E-state index in [0.29, 0.717) is 5.52 Å². The summed E-state index contributed by atoms with van der Waals surface area (Å²) in [4.78, 5) is 37.8. The molecule has 2 atom stereocenters. The van der Waals surface area contributed by atoms with E-state index in [9.17, 15) is 19.5 Å². The molecule has 1 aromatic heterocycles. The zero-order chi connectivity index (χ0) is 16.3. The highest BCUT2D eigenvalue weighted by Crippen LogP contribution is 2.31. The number of rotatable bonds is 5. The van der Waals surface area contributed by atoms with Gasteiger partial charge >= 0.3 is 11.9 Å². The zero-order valence-corrected chi connectivity index (χ0v) is 12.6. The zero-order valence-electron chi connectivity index (χ0n) is 11.8. The Hall–Kier alpha value is -2.48. The molecule has 116 valence electrons. The lowest BCUT2D eigenvalue weighted by Crippen LogP contribution is -2.43. The van der Waals surface area contributed by atoms with Crippen LogP contribution in [-0.2, 0) is 23.9 Å². The van der Waals surface area contributed by atoms with Gasteiger partial charge in [-0.3, -0.25) is 9.59 Å². The largest absolute Gasteiger partial charge is 0.546 e. The van der Waals surface area contributed by atoms with Gasteiger partial charge in [0.15, 0.2) is 12.2 Å². The molecule has 2 aromatic rings. The summed E-state index contributed by atoms with van der Waals surface area (Å²) in [6.45, 7) is 2.18. The van der Waals surface area contributed by atoms with Gasteiger partial charge in [0.25, 0.3) is 0 Å². The number of fused-ring (bicyclic) bond motifs is 1. The number of esters is 2. The Morgan fingerprint density at radius 3 is 2.32 bits per heavy atom. The van der Waals surface area contributed by atoms with Crippen LogP contribution in [0.3, 0.4) is 0 Å². The number of aromatic nitrogens is 1. The van der Waals surface area contributed by atoms with Crippen molar-refractivity contribution in [3.05, 3.63) is 29.3 Å². The number of aliphatic carboxylic acids is 1. The second kappa shape index (κ2) is 6.52. The molecule has 2 unspecified atom stereocenters. The Bertz CT molecular complexity index is 692. The van der Waals surface area contributed by atoms with Crippen molar-refractivity contribution < 1.29 is 29.0 Å². The Kier molecular flexibility index (Phi) is 4.71. The van der Waals surface area contributed by atoms with E-state index >= 15 is 0 Å². The average Bonchev–Trinajstić information content (AvgIpc) is 2.85. The standard InChI is InChI=1S/C14H13NO6S/c1-7(16)20-11(12(14(18)19)21-8(2)17)13-15-9-5-3-4-6-10(9)22-13/h3-6,11-12H,1-2H3,(H,18,19)/p-1. The van der Waals surface area contributed by atoms with Crippen LogP contribution in [0.25, 0.3) is 10.2 Å². The highest BCUT2D eigenvalue weighted by atomic mass is 32.1. The van der Waals surface area contributed by atoms with Crippen LogP contribution in [-0.4, -0.2) is 29.0 Å². The first-order chi connectivity index (χ1) is 10.4. The first-order valence-corrected chi connectivity index (χ1v) is 7.11. The minimum Gasteiger partial charge on any atom is -0.546 e. The normalized spacial score (nSPS) is 13.4. The third-order valence-electron chi connectivity index (χ3n) is 2.65. The van der Waals surface area contributed by atoms with Gasteiger partial charge in [0.05, 0.1) is 16.2 Å². The minimum atomic E-state index is -1.76. The van der Waals surface area contributed by atoms with Crippen LogP contribution in [0, 0.1) is 0 Å². The van der Waals surface area contributed by atoms with Gasteiger partial charge in [0.2, 0.25) is 0 Å². The van der Waals surface area contributed by atoms with E-state index in [1.807, 2.05) is 0 Å². The smallest absolute Gasteiger partial charge is 0.303 e. The second-order valence-electron chi connectivity index (χ2n) is 4.40. The highest BCUT2D eigenvalue weighted by molar-refractivity contribution is 7.18. The molecule has 0 aliphatic rings. The summed E-state index contributed by atoms with van der Waals surface area (Å²) in [5.74, 6) is -3.21. The average molecular weight is 322 g/mol. The van der Waals surface area contributed by atoms with Gasteiger partial charge in [-0.15, -0.1) is 11.3 Å². The molecule has 1 heterocycles. The van der Waals surface area contributed by atoms with Crippen molar-refractivity contribution >= 4 is 39.5 Å². The maximum Gasteiger partial charge on any atom is 0.303 e. The van der Waals surface area contributed by atoms with Gasteiger partial charge in [0, 0.05) is 13.8 Å². The summed E-state index contributed by atoms with van der Waals surface area (Å²) in [7, 11) is 0. The SMILES string of the molecule is CC(=O)OC(C(=O)[O-])C(OC(C)=O)c1nc2ccccc2s1. The molecule has 7 nitrogen and oxygen atoms in total. The molecule has 22 heavy (non-hydrogen) atoms. The van der Waals surface area contributed by atoms with Crippen LogP contribution in [0.4, 0.5) is 0 Å². The summed E-state index contributed by atoms with van der Waals surface area (Å²) in [6, 6.07) is 7.10. The van der Waals surface area contributed by atoms with Crippen molar-refractivity contribution in [1.29, 1.82) is 0 Å². The van der Waals surface area contributed by atoms with Crippen molar-refractivity contribution in [2.24, 2.45) is 0 Å². The van der Waals surface area contributed by atoms with E-state index < -0.39 is 30.1 Å². The van der Waals surface area contributed by atoms with Crippen LogP contribution in [0.1, 0.15) is 25.0 Å². The molecule has 0 saturated carbocycles. The highest BCUT2D eigenvalue weighted by Gasteiger charge is 2.33. The number of ether oxygens (including phenoxy) is 2. The van der Waals surface area contributed by atoms with Gasteiger partial charge in [-0.05, 0) is 12.1 Å².